The van der Waals surface area contributed by atoms with Crippen LogP contribution in [0.3, 0.4) is 0 Å². The van der Waals surface area contributed by atoms with E-state index < -0.39 is 22.1 Å². The number of carbonyl (C=O) groups is 2. The van der Waals surface area contributed by atoms with Gasteiger partial charge in [0.1, 0.15) is 23.4 Å². The summed E-state index contributed by atoms with van der Waals surface area (Å²) in [6.45, 7) is 1.86. The number of hydrogen-bond donors (Lipinski definition) is 1. The molecule has 0 fully saturated rings. The van der Waals surface area contributed by atoms with E-state index in [0.29, 0.717) is 17.2 Å². The number of sulfonamides is 1. The molecular formula is C28H29NO7S. The molecule has 194 valence electrons. The molecule has 3 aromatic rings. The lowest BCUT2D eigenvalue weighted by molar-refractivity contribution is -0.138. The molecule has 0 radical (unpaired) electrons. The fourth-order valence-corrected chi connectivity index (χ4v) is 5.87. The molecule has 9 heteroatoms. The van der Waals surface area contributed by atoms with Crippen molar-refractivity contribution in [1.29, 1.82) is 0 Å². The Balaban J connectivity index is 1.69. The maximum atomic E-state index is 13.8. The number of carboxylic acids is 1. The maximum absolute atomic E-state index is 13.8. The second kappa shape index (κ2) is 11.0. The number of ketones is 1. The Morgan fingerprint density at radius 2 is 1.76 bits per heavy atom. The molecule has 0 aromatic heterocycles. The van der Waals surface area contributed by atoms with Crippen LogP contribution in [-0.4, -0.2) is 45.0 Å². The van der Waals surface area contributed by atoms with Crippen molar-refractivity contribution < 1.29 is 32.6 Å². The maximum Gasteiger partial charge on any atom is 0.303 e. The van der Waals surface area contributed by atoms with Crippen molar-refractivity contribution in [3.05, 3.63) is 72.3 Å². The van der Waals surface area contributed by atoms with E-state index in [2.05, 4.69) is 0 Å². The first-order valence-electron chi connectivity index (χ1n) is 12.0. The van der Waals surface area contributed by atoms with Crippen LogP contribution in [0.1, 0.15) is 31.2 Å². The van der Waals surface area contributed by atoms with Gasteiger partial charge in [-0.1, -0.05) is 30.3 Å². The molecule has 0 saturated carbocycles. The highest BCUT2D eigenvalue weighted by Gasteiger charge is 2.35. The number of hydrogen-bond acceptors (Lipinski definition) is 6. The molecule has 8 nitrogen and oxygen atoms in total. The molecule has 37 heavy (non-hydrogen) atoms. The Hall–Kier alpha value is -3.85. The zero-order valence-corrected chi connectivity index (χ0v) is 21.5. The summed E-state index contributed by atoms with van der Waals surface area (Å²) in [5.41, 5.74) is 2.89. The lowest BCUT2D eigenvalue weighted by atomic mass is 10.0. The van der Waals surface area contributed by atoms with Gasteiger partial charge in [-0.2, -0.15) is 0 Å². The predicted molar refractivity (Wildman–Crippen MR) is 140 cm³/mol. The van der Waals surface area contributed by atoms with E-state index in [-0.39, 0.29) is 42.9 Å². The van der Waals surface area contributed by atoms with Crippen molar-refractivity contribution in [1.82, 2.24) is 0 Å². The van der Waals surface area contributed by atoms with Gasteiger partial charge in [0.05, 0.1) is 30.7 Å². The van der Waals surface area contributed by atoms with E-state index in [4.69, 9.17) is 14.6 Å². The zero-order chi connectivity index (χ0) is 26.6. The molecule has 0 saturated heterocycles. The molecule has 0 amide bonds. The highest BCUT2D eigenvalue weighted by atomic mass is 32.2. The number of fused-ring (bicyclic) bond motifs is 1. The number of methoxy groups -OCH3 is 1. The van der Waals surface area contributed by atoms with Gasteiger partial charge in [-0.15, -0.1) is 0 Å². The number of carboxylic acid groups (broad SMARTS) is 1. The topological polar surface area (TPSA) is 110 Å². The summed E-state index contributed by atoms with van der Waals surface area (Å²) in [7, 11) is -2.35. The molecule has 0 bridgehead atoms. The van der Waals surface area contributed by atoms with Crippen LogP contribution in [0.25, 0.3) is 11.1 Å². The van der Waals surface area contributed by atoms with Crippen molar-refractivity contribution in [2.75, 3.05) is 18.0 Å². The van der Waals surface area contributed by atoms with Gasteiger partial charge in [0, 0.05) is 12.8 Å². The third-order valence-electron chi connectivity index (χ3n) is 6.23. The zero-order valence-electron chi connectivity index (χ0n) is 20.7. The van der Waals surface area contributed by atoms with Crippen LogP contribution in [0.4, 0.5) is 5.69 Å². The lowest BCUT2D eigenvalue weighted by Crippen LogP contribution is -2.43. The summed E-state index contributed by atoms with van der Waals surface area (Å²) in [5, 5.41) is 8.82. The lowest BCUT2D eigenvalue weighted by Gasteiger charge is -2.36. The molecule has 1 heterocycles. The summed E-state index contributed by atoms with van der Waals surface area (Å²) >= 11 is 0. The minimum absolute atomic E-state index is 0.0249. The molecule has 1 aliphatic heterocycles. The average Bonchev–Trinajstić information content (AvgIpc) is 2.90. The van der Waals surface area contributed by atoms with Crippen LogP contribution in [0, 0.1) is 6.92 Å². The van der Waals surface area contributed by atoms with Gasteiger partial charge in [-0.3, -0.25) is 13.9 Å². The number of nitrogens with zero attached hydrogens (tertiary/aromatic N) is 1. The minimum atomic E-state index is -3.94. The smallest absolute Gasteiger partial charge is 0.303 e. The van der Waals surface area contributed by atoms with Crippen molar-refractivity contribution in [2.45, 2.75) is 43.6 Å². The molecule has 4 rings (SSSR count). The molecular weight excluding hydrogens is 494 g/mol. The first-order valence-corrected chi connectivity index (χ1v) is 13.4. The number of aliphatic carboxylic acids is 1. The van der Waals surface area contributed by atoms with E-state index in [0.717, 1.165) is 16.7 Å². The first-order chi connectivity index (χ1) is 17.7. The largest absolute Gasteiger partial charge is 0.497 e. The Morgan fingerprint density at radius 3 is 2.49 bits per heavy atom. The van der Waals surface area contributed by atoms with Gasteiger partial charge in [0.2, 0.25) is 0 Å². The SMILES string of the molecule is COc1cccc(-c2ccc3c(c2)N(S(=O)(=O)c2cccc(C)c2)C[C@H](CCC(=O)CCC(=O)O)O3)c1. The summed E-state index contributed by atoms with van der Waals surface area (Å²) in [6.07, 6.45) is -0.478. The van der Waals surface area contributed by atoms with Crippen LogP contribution in [0.15, 0.2) is 71.6 Å². The monoisotopic (exact) mass is 523 g/mol. The van der Waals surface area contributed by atoms with E-state index in [9.17, 15) is 18.0 Å². The number of aryl methyl sites for hydroxylation is 1. The summed E-state index contributed by atoms with van der Waals surface area (Å²) in [4.78, 5) is 23.1. The second-order valence-electron chi connectivity index (χ2n) is 8.98. The van der Waals surface area contributed by atoms with Crippen LogP contribution in [-0.2, 0) is 19.6 Å². The molecule has 0 spiro atoms. The van der Waals surface area contributed by atoms with E-state index in [1.165, 1.54) is 4.31 Å². The van der Waals surface area contributed by atoms with Crippen molar-refractivity contribution in [2.24, 2.45) is 0 Å². The fraction of sp³-hybridized carbons (Fsp3) is 0.286. The van der Waals surface area contributed by atoms with E-state index >= 15 is 0 Å². The highest BCUT2D eigenvalue weighted by molar-refractivity contribution is 7.92. The molecule has 1 N–H and O–H groups in total. The third kappa shape index (κ3) is 6.11. The number of benzene rings is 3. The summed E-state index contributed by atoms with van der Waals surface area (Å²) < 4.78 is 40.5. The van der Waals surface area contributed by atoms with Gasteiger partial charge < -0.3 is 14.6 Å². The number of rotatable bonds is 10. The Kier molecular flexibility index (Phi) is 7.83. The summed E-state index contributed by atoms with van der Waals surface area (Å²) in [6, 6.07) is 19.6. The number of ether oxygens (including phenoxy) is 2. The normalized spacial score (nSPS) is 15.0. The van der Waals surface area contributed by atoms with Crippen molar-refractivity contribution in [3.63, 3.8) is 0 Å². The van der Waals surface area contributed by atoms with Crippen LogP contribution < -0.4 is 13.8 Å². The van der Waals surface area contributed by atoms with Crippen LogP contribution >= 0.6 is 0 Å². The molecule has 3 aromatic carbocycles. The first kappa shape index (κ1) is 26.2. The molecule has 0 unspecified atom stereocenters. The van der Waals surface area contributed by atoms with Gasteiger partial charge >= 0.3 is 5.97 Å². The number of anilines is 1. The van der Waals surface area contributed by atoms with Crippen LogP contribution in [0.2, 0.25) is 0 Å². The molecule has 1 atom stereocenters. The number of carbonyl (C=O) groups excluding carboxylic acids is 1. The highest BCUT2D eigenvalue weighted by Crippen LogP contribution is 2.41. The minimum Gasteiger partial charge on any atom is -0.497 e. The standard InChI is InChI=1S/C28H29NO7S/c1-19-5-3-8-25(15-19)37(33,34)29-18-24(12-10-22(30)11-14-28(31)32)36-27-13-9-21(17-26(27)29)20-6-4-7-23(16-20)35-2/h3-9,13,15-17,24H,10-12,14,18H2,1-2H3,(H,31,32)/t24-/m0/s1. The predicted octanol–water partition coefficient (Wildman–Crippen LogP) is 4.84. The second-order valence-corrected chi connectivity index (χ2v) is 10.8. The third-order valence-corrected chi connectivity index (χ3v) is 8.01. The van der Waals surface area contributed by atoms with Crippen molar-refractivity contribution >= 4 is 27.5 Å². The van der Waals surface area contributed by atoms with E-state index in [1.807, 2.05) is 43.3 Å². The van der Waals surface area contributed by atoms with Gasteiger partial charge in [0.15, 0.2) is 0 Å². The molecule has 0 aliphatic carbocycles. The van der Waals surface area contributed by atoms with Gasteiger partial charge in [-0.05, 0) is 66.4 Å². The summed E-state index contributed by atoms with van der Waals surface area (Å²) in [5.74, 6) is -0.142. The fourth-order valence-electron chi connectivity index (χ4n) is 4.27. The quantitative estimate of drug-likeness (QED) is 0.405. The van der Waals surface area contributed by atoms with Gasteiger partial charge in [-0.25, -0.2) is 8.42 Å². The Labute approximate surface area is 216 Å². The number of Topliss-reactive ketones (excluding diaryl/α,β-unsaturated/α-hetero) is 1. The average molecular weight is 524 g/mol. The molecule has 1 aliphatic rings. The van der Waals surface area contributed by atoms with E-state index in [1.54, 1.807) is 37.4 Å². The Bertz CT molecular complexity index is 1420. The Morgan fingerprint density at radius 1 is 1.00 bits per heavy atom. The van der Waals surface area contributed by atoms with Crippen LogP contribution in [0.5, 0.6) is 11.5 Å². The van der Waals surface area contributed by atoms with Gasteiger partial charge in [0.25, 0.3) is 10.0 Å². The van der Waals surface area contributed by atoms with Crippen molar-refractivity contribution in [3.8, 4) is 22.6 Å².